The average molecular weight is 213 g/mol. The molecule has 3 rings (SSSR count). The molecule has 1 heterocycles. The summed E-state index contributed by atoms with van der Waals surface area (Å²) < 4.78 is 5.04. The zero-order chi connectivity index (χ0) is 10.8. The van der Waals surface area contributed by atoms with Crippen molar-refractivity contribution in [1.29, 1.82) is 0 Å². The lowest BCUT2D eigenvalue weighted by atomic mass is 10.1. The molecule has 1 saturated carbocycles. The highest BCUT2D eigenvalue weighted by Crippen LogP contribution is 2.40. The van der Waals surface area contributed by atoms with Crippen molar-refractivity contribution in [3.63, 3.8) is 0 Å². The Kier molecular flexibility index (Phi) is 2.50. The molecule has 82 valence electrons. The van der Waals surface area contributed by atoms with Crippen LogP contribution in [-0.4, -0.2) is 6.04 Å². The highest BCUT2D eigenvalue weighted by atomic mass is 16.3. The minimum Gasteiger partial charge on any atom is -0.472 e. The minimum absolute atomic E-state index is 0.636. The van der Waals surface area contributed by atoms with E-state index < -0.39 is 0 Å². The third-order valence-electron chi connectivity index (χ3n) is 3.17. The van der Waals surface area contributed by atoms with E-state index in [1.54, 1.807) is 12.5 Å². The Morgan fingerprint density at radius 2 is 2.06 bits per heavy atom. The molecule has 2 unspecified atom stereocenters. The summed E-state index contributed by atoms with van der Waals surface area (Å²) in [6, 6.07) is 13.4. The Bertz CT molecular complexity index is 435. The molecule has 16 heavy (non-hydrogen) atoms. The topological polar surface area (TPSA) is 25.2 Å². The first-order valence-corrected chi connectivity index (χ1v) is 5.73. The van der Waals surface area contributed by atoms with Gasteiger partial charge in [0, 0.05) is 24.1 Å². The summed E-state index contributed by atoms with van der Waals surface area (Å²) in [6.45, 7) is 0.907. The molecule has 1 aliphatic rings. The van der Waals surface area contributed by atoms with E-state index in [0.717, 1.165) is 6.54 Å². The first-order chi connectivity index (χ1) is 7.93. The summed E-state index contributed by atoms with van der Waals surface area (Å²) in [5.41, 5.74) is 2.67. The number of nitrogens with one attached hydrogen (secondary N) is 1. The molecule has 1 N–H and O–H groups in total. The molecule has 2 atom stereocenters. The van der Waals surface area contributed by atoms with Gasteiger partial charge in [0.1, 0.15) is 0 Å². The quantitative estimate of drug-likeness (QED) is 0.844. The van der Waals surface area contributed by atoms with Crippen LogP contribution in [-0.2, 0) is 6.54 Å². The molecule has 2 aromatic rings. The Morgan fingerprint density at radius 1 is 1.19 bits per heavy atom. The van der Waals surface area contributed by atoms with Gasteiger partial charge in [-0.15, -0.1) is 0 Å². The van der Waals surface area contributed by atoms with E-state index in [9.17, 15) is 0 Å². The van der Waals surface area contributed by atoms with E-state index in [4.69, 9.17) is 4.42 Å². The fraction of sp³-hybridized carbons (Fsp3) is 0.286. The van der Waals surface area contributed by atoms with Crippen molar-refractivity contribution >= 4 is 0 Å². The van der Waals surface area contributed by atoms with E-state index in [0.29, 0.717) is 12.0 Å². The van der Waals surface area contributed by atoms with Gasteiger partial charge in [-0.25, -0.2) is 0 Å². The summed E-state index contributed by atoms with van der Waals surface area (Å²) in [4.78, 5) is 0. The van der Waals surface area contributed by atoms with E-state index >= 15 is 0 Å². The van der Waals surface area contributed by atoms with Crippen LogP contribution in [0.4, 0.5) is 0 Å². The van der Waals surface area contributed by atoms with Crippen molar-refractivity contribution in [2.45, 2.75) is 24.9 Å². The fourth-order valence-corrected chi connectivity index (χ4v) is 2.13. The first-order valence-electron chi connectivity index (χ1n) is 5.73. The predicted octanol–water partition coefficient (Wildman–Crippen LogP) is 2.93. The van der Waals surface area contributed by atoms with Crippen molar-refractivity contribution in [3.05, 3.63) is 60.1 Å². The largest absolute Gasteiger partial charge is 0.472 e. The lowest BCUT2D eigenvalue weighted by Crippen LogP contribution is -2.16. The van der Waals surface area contributed by atoms with Crippen LogP contribution in [0.25, 0.3) is 0 Å². The SMILES string of the molecule is c1ccc(C2CC2NCc2ccoc2)cc1. The van der Waals surface area contributed by atoms with E-state index in [-0.39, 0.29) is 0 Å². The molecule has 1 fully saturated rings. The maximum absolute atomic E-state index is 5.04. The molecule has 0 amide bonds. The van der Waals surface area contributed by atoms with Crippen molar-refractivity contribution < 1.29 is 4.42 Å². The summed E-state index contributed by atoms with van der Waals surface area (Å²) >= 11 is 0. The zero-order valence-electron chi connectivity index (χ0n) is 9.10. The van der Waals surface area contributed by atoms with Gasteiger partial charge >= 0.3 is 0 Å². The van der Waals surface area contributed by atoms with Crippen LogP contribution < -0.4 is 5.32 Å². The van der Waals surface area contributed by atoms with Crippen LogP contribution in [0.1, 0.15) is 23.5 Å². The van der Waals surface area contributed by atoms with E-state index in [1.165, 1.54) is 17.5 Å². The molecule has 0 saturated heterocycles. The van der Waals surface area contributed by atoms with Crippen LogP contribution in [0, 0.1) is 0 Å². The fourth-order valence-electron chi connectivity index (χ4n) is 2.13. The molecule has 1 aliphatic carbocycles. The second-order valence-corrected chi connectivity index (χ2v) is 4.37. The molecule has 2 heteroatoms. The van der Waals surface area contributed by atoms with Gasteiger partial charge in [0.25, 0.3) is 0 Å². The second kappa shape index (κ2) is 4.14. The Balaban J connectivity index is 1.53. The number of hydrogen-bond donors (Lipinski definition) is 1. The van der Waals surface area contributed by atoms with Gasteiger partial charge in [-0.2, -0.15) is 0 Å². The predicted molar refractivity (Wildman–Crippen MR) is 63.1 cm³/mol. The molecular weight excluding hydrogens is 198 g/mol. The highest BCUT2D eigenvalue weighted by Gasteiger charge is 2.37. The van der Waals surface area contributed by atoms with Gasteiger partial charge in [0.05, 0.1) is 12.5 Å². The van der Waals surface area contributed by atoms with E-state index in [2.05, 4.69) is 35.6 Å². The molecule has 0 bridgehead atoms. The third kappa shape index (κ3) is 2.02. The first kappa shape index (κ1) is 9.67. The normalized spacial score (nSPS) is 23.2. The Hall–Kier alpha value is -1.54. The Labute approximate surface area is 95.3 Å². The van der Waals surface area contributed by atoms with Gasteiger partial charge in [-0.3, -0.25) is 0 Å². The van der Waals surface area contributed by atoms with Crippen LogP contribution >= 0.6 is 0 Å². The summed E-state index contributed by atoms with van der Waals surface area (Å²) in [7, 11) is 0. The molecular formula is C14H15NO. The summed E-state index contributed by atoms with van der Waals surface area (Å²) in [5, 5.41) is 3.55. The van der Waals surface area contributed by atoms with Gasteiger partial charge in [0.2, 0.25) is 0 Å². The number of furan rings is 1. The van der Waals surface area contributed by atoms with Gasteiger partial charge < -0.3 is 9.73 Å². The molecule has 1 aromatic heterocycles. The monoisotopic (exact) mass is 213 g/mol. The van der Waals surface area contributed by atoms with Gasteiger partial charge in [-0.1, -0.05) is 30.3 Å². The average Bonchev–Trinajstić information content (AvgIpc) is 2.93. The molecule has 0 aliphatic heterocycles. The molecule has 2 nitrogen and oxygen atoms in total. The number of benzene rings is 1. The van der Waals surface area contributed by atoms with E-state index in [1.807, 2.05) is 6.07 Å². The molecule has 0 radical (unpaired) electrons. The summed E-state index contributed by atoms with van der Waals surface area (Å²) in [6.07, 6.45) is 4.77. The lowest BCUT2D eigenvalue weighted by molar-refractivity contribution is 0.559. The van der Waals surface area contributed by atoms with Crippen molar-refractivity contribution in [1.82, 2.24) is 5.32 Å². The maximum atomic E-state index is 5.04. The smallest absolute Gasteiger partial charge is 0.0947 e. The Morgan fingerprint density at radius 3 is 2.81 bits per heavy atom. The third-order valence-corrected chi connectivity index (χ3v) is 3.17. The van der Waals surface area contributed by atoms with Crippen molar-refractivity contribution in [3.8, 4) is 0 Å². The van der Waals surface area contributed by atoms with Crippen LogP contribution in [0.5, 0.6) is 0 Å². The number of hydrogen-bond acceptors (Lipinski definition) is 2. The van der Waals surface area contributed by atoms with Crippen LogP contribution in [0.15, 0.2) is 53.3 Å². The number of rotatable bonds is 4. The lowest BCUT2D eigenvalue weighted by Gasteiger charge is -2.02. The van der Waals surface area contributed by atoms with Crippen molar-refractivity contribution in [2.75, 3.05) is 0 Å². The van der Waals surface area contributed by atoms with Crippen molar-refractivity contribution in [2.24, 2.45) is 0 Å². The zero-order valence-corrected chi connectivity index (χ0v) is 9.10. The molecule has 1 aromatic carbocycles. The van der Waals surface area contributed by atoms with Crippen LogP contribution in [0.2, 0.25) is 0 Å². The highest BCUT2D eigenvalue weighted by molar-refractivity contribution is 5.27. The summed E-state index contributed by atoms with van der Waals surface area (Å²) in [5.74, 6) is 0.702. The van der Waals surface area contributed by atoms with Crippen LogP contribution in [0.3, 0.4) is 0 Å². The van der Waals surface area contributed by atoms with Gasteiger partial charge in [-0.05, 0) is 18.1 Å². The standard InChI is InChI=1S/C14H15NO/c1-2-4-12(5-3-1)13-8-14(13)15-9-11-6-7-16-10-11/h1-7,10,13-15H,8-9H2. The second-order valence-electron chi connectivity index (χ2n) is 4.37. The molecule has 0 spiro atoms. The maximum Gasteiger partial charge on any atom is 0.0947 e. The van der Waals surface area contributed by atoms with Gasteiger partial charge in [0.15, 0.2) is 0 Å². The minimum atomic E-state index is 0.636.